The smallest absolute Gasteiger partial charge is 0.237 e. The fourth-order valence-electron chi connectivity index (χ4n) is 2.03. The molecule has 4 heteroatoms. The highest BCUT2D eigenvalue weighted by Gasteiger charge is 2.28. The van der Waals surface area contributed by atoms with Gasteiger partial charge in [0.05, 0.1) is 12.7 Å². The van der Waals surface area contributed by atoms with E-state index >= 15 is 0 Å². The Hall–Kier alpha value is -0.610. The van der Waals surface area contributed by atoms with Gasteiger partial charge >= 0.3 is 0 Å². The molecule has 4 nitrogen and oxygen atoms in total. The van der Waals surface area contributed by atoms with Crippen molar-refractivity contribution in [3.63, 3.8) is 0 Å². The molecule has 0 aliphatic carbocycles. The summed E-state index contributed by atoms with van der Waals surface area (Å²) in [6.07, 6.45) is 2.39. The number of likely N-dealkylation sites (N-methyl/N-ethyl adjacent to an activating group) is 1. The molecule has 0 radical (unpaired) electrons. The Bertz CT molecular complexity index is 232. The minimum Gasteiger partial charge on any atom is -0.325 e. The van der Waals surface area contributed by atoms with Crippen LogP contribution < -0.4 is 5.32 Å². The van der Waals surface area contributed by atoms with E-state index in [0.717, 1.165) is 25.9 Å². The van der Waals surface area contributed by atoms with Crippen molar-refractivity contribution in [2.75, 3.05) is 26.7 Å². The standard InChI is InChI=1S/C12H25N3O/c1-5-10(3)14(4)7-8-15-11(6-2)13-9-12(15)16/h10-11,13H,5-9H2,1-4H3. The second-order valence-corrected chi connectivity index (χ2v) is 4.63. The van der Waals surface area contributed by atoms with Gasteiger partial charge in [-0.3, -0.25) is 10.1 Å². The van der Waals surface area contributed by atoms with Crippen molar-refractivity contribution in [1.29, 1.82) is 0 Å². The fraction of sp³-hybridized carbons (Fsp3) is 0.917. The molecule has 0 aromatic rings. The number of rotatable bonds is 6. The number of amides is 1. The molecule has 1 saturated heterocycles. The molecule has 0 aromatic carbocycles. The summed E-state index contributed by atoms with van der Waals surface area (Å²) >= 11 is 0. The van der Waals surface area contributed by atoms with E-state index in [0.29, 0.717) is 12.6 Å². The minimum absolute atomic E-state index is 0.240. The number of hydrogen-bond donors (Lipinski definition) is 1. The van der Waals surface area contributed by atoms with E-state index in [1.165, 1.54) is 0 Å². The van der Waals surface area contributed by atoms with Crippen molar-refractivity contribution >= 4 is 5.91 Å². The van der Waals surface area contributed by atoms with Crippen LogP contribution in [0.15, 0.2) is 0 Å². The average Bonchev–Trinajstić information content (AvgIpc) is 2.65. The molecular weight excluding hydrogens is 202 g/mol. The Morgan fingerprint density at radius 2 is 2.25 bits per heavy atom. The van der Waals surface area contributed by atoms with E-state index in [4.69, 9.17) is 0 Å². The van der Waals surface area contributed by atoms with Gasteiger partial charge in [0.2, 0.25) is 5.91 Å². The van der Waals surface area contributed by atoms with Gasteiger partial charge in [0.1, 0.15) is 0 Å². The first-order chi connectivity index (χ1) is 7.60. The molecule has 1 heterocycles. The molecule has 0 spiro atoms. The van der Waals surface area contributed by atoms with E-state index < -0.39 is 0 Å². The van der Waals surface area contributed by atoms with Crippen molar-refractivity contribution in [2.24, 2.45) is 0 Å². The molecule has 1 fully saturated rings. The first kappa shape index (κ1) is 13.5. The lowest BCUT2D eigenvalue weighted by Gasteiger charge is -2.28. The normalized spacial score (nSPS) is 23.2. The number of nitrogens with zero attached hydrogens (tertiary/aromatic N) is 2. The maximum Gasteiger partial charge on any atom is 0.237 e. The molecule has 2 atom stereocenters. The highest BCUT2D eigenvalue weighted by Crippen LogP contribution is 2.09. The van der Waals surface area contributed by atoms with Gasteiger partial charge in [-0.25, -0.2) is 0 Å². The van der Waals surface area contributed by atoms with Crippen LogP contribution >= 0.6 is 0 Å². The summed E-state index contributed by atoms with van der Waals surface area (Å²) in [6, 6.07) is 0.589. The Labute approximate surface area is 99.0 Å². The van der Waals surface area contributed by atoms with Gasteiger partial charge < -0.3 is 9.80 Å². The lowest BCUT2D eigenvalue weighted by Crippen LogP contribution is -2.42. The molecule has 1 aliphatic rings. The summed E-state index contributed by atoms with van der Waals surface area (Å²) in [5.41, 5.74) is 0. The Kier molecular flexibility index (Phi) is 5.22. The lowest BCUT2D eigenvalue weighted by atomic mass is 10.2. The van der Waals surface area contributed by atoms with Gasteiger partial charge in [-0.15, -0.1) is 0 Å². The topological polar surface area (TPSA) is 35.6 Å². The van der Waals surface area contributed by atoms with Crippen LogP contribution in [0.5, 0.6) is 0 Å². The molecule has 0 saturated carbocycles. The summed E-state index contributed by atoms with van der Waals surface area (Å²) < 4.78 is 0. The number of carbonyl (C=O) groups is 1. The van der Waals surface area contributed by atoms with Crippen LogP contribution in [-0.4, -0.2) is 54.6 Å². The van der Waals surface area contributed by atoms with Crippen LogP contribution in [0.3, 0.4) is 0 Å². The zero-order valence-corrected chi connectivity index (χ0v) is 11.0. The third-order valence-electron chi connectivity index (χ3n) is 3.61. The van der Waals surface area contributed by atoms with Crippen LogP contribution in [0.25, 0.3) is 0 Å². The summed E-state index contributed by atoms with van der Waals surface area (Å²) in [5, 5.41) is 3.23. The molecule has 0 bridgehead atoms. The summed E-state index contributed by atoms with van der Waals surface area (Å²) in [7, 11) is 2.13. The molecular formula is C12H25N3O. The van der Waals surface area contributed by atoms with Crippen LogP contribution in [0.2, 0.25) is 0 Å². The van der Waals surface area contributed by atoms with Gasteiger partial charge in [-0.2, -0.15) is 0 Å². The van der Waals surface area contributed by atoms with E-state index in [-0.39, 0.29) is 12.1 Å². The van der Waals surface area contributed by atoms with Gasteiger partial charge in [-0.05, 0) is 26.8 Å². The molecule has 1 aliphatic heterocycles. The highest BCUT2D eigenvalue weighted by molar-refractivity contribution is 5.80. The van der Waals surface area contributed by atoms with E-state index in [2.05, 4.69) is 38.0 Å². The van der Waals surface area contributed by atoms with Crippen LogP contribution in [0.4, 0.5) is 0 Å². The van der Waals surface area contributed by atoms with Gasteiger partial charge in [0.15, 0.2) is 0 Å². The maximum absolute atomic E-state index is 11.6. The van der Waals surface area contributed by atoms with Gasteiger partial charge in [0.25, 0.3) is 0 Å². The van der Waals surface area contributed by atoms with Crippen LogP contribution in [-0.2, 0) is 4.79 Å². The summed E-state index contributed by atoms with van der Waals surface area (Å²) in [6.45, 7) is 8.83. The predicted octanol–water partition coefficient (Wildman–Crippen LogP) is 0.885. The van der Waals surface area contributed by atoms with Crippen LogP contribution in [0, 0.1) is 0 Å². The van der Waals surface area contributed by atoms with Crippen molar-refractivity contribution in [2.45, 2.75) is 45.8 Å². The Morgan fingerprint density at radius 3 is 2.81 bits per heavy atom. The zero-order chi connectivity index (χ0) is 12.1. The molecule has 0 aromatic heterocycles. The highest BCUT2D eigenvalue weighted by atomic mass is 16.2. The summed E-state index contributed by atoms with van der Waals surface area (Å²) in [5.74, 6) is 0.240. The van der Waals surface area contributed by atoms with Gasteiger partial charge in [-0.1, -0.05) is 13.8 Å². The largest absolute Gasteiger partial charge is 0.325 e. The maximum atomic E-state index is 11.6. The minimum atomic E-state index is 0.240. The van der Waals surface area contributed by atoms with E-state index in [9.17, 15) is 4.79 Å². The average molecular weight is 227 g/mol. The molecule has 94 valence electrons. The first-order valence-electron chi connectivity index (χ1n) is 6.33. The summed E-state index contributed by atoms with van der Waals surface area (Å²) in [4.78, 5) is 15.9. The monoisotopic (exact) mass is 227 g/mol. The number of nitrogens with one attached hydrogen (secondary N) is 1. The molecule has 1 rings (SSSR count). The zero-order valence-electron chi connectivity index (χ0n) is 11.0. The van der Waals surface area contributed by atoms with Crippen molar-refractivity contribution in [3.05, 3.63) is 0 Å². The molecule has 1 amide bonds. The van der Waals surface area contributed by atoms with Crippen molar-refractivity contribution in [3.8, 4) is 0 Å². The quantitative estimate of drug-likeness (QED) is 0.732. The second kappa shape index (κ2) is 6.21. The SMILES string of the molecule is CCC(C)N(C)CCN1C(=O)CNC1CC. The first-order valence-corrected chi connectivity index (χ1v) is 6.33. The van der Waals surface area contributed by atoms with Gasteiger partial charge in [0, 0.05) is 19.1 Å². The van der Waals surface area contributed by atoms with Crippen molar-refractivity contribution in [1.82, 2.24) is 15.1 Å². The third-order valence-corrected chi connectivity index (χ3v) is 3.61. The van der Waals surface area contributed by atoms with E-state index in [1.54, 1.807) is 0 Å². The predicted molar refractivity (Wildman–Crippen MR) is 66.2 cm³/mol. The van der Waals surface area contributed by atoms with E-state index in [1.807, 2.05) is 4.90 Å². The molecule has 16 heavy (non-hydrogen) atoms. The second-order valence-electron chi connectivity index (χ2n) is 4.63. The lowest BCUT2D eigenvalue weighted by molar-refractivity contribution is -0.128. The fourth-order valence-corrected chi connectivity index (χ4v) is 2.03. The third kappa shape index (κ3) is 3.19. The van der Waals surface area contributed by atoms with Crippen molar-refractivity contribution < 1.29 is 4.79 Å². The number of hydrogen-bond acceptors (Lipinski definition) is 3. The number of carbonyl (C=O) groups excluding carboxylic acids is 1. The Balaban J connectivity index is 2.38. The van der Waals surface area contributed by atoms with Crippen LogP contribution in [0.1, 0.15) is 33.6 Å². The Morgan fingerprint density at radius 1 is 1.56 bits per heavy atom. The molecule has 1 N–H and O–H groups in total. The molecule has 2 unspecified atom stereocenters.